The SMILES string of the molecule is CC(=O)NC(=O)c1ncc(C)cc1[N+](=O)[O-]. The molecule has 1 rings (SSSR count). The van der Waals surface area contributed by atoms with Crippen LogP contribution in [0.2, 0.25) is 0 Å². The molecule has 0 atom stereocenters. The van der Waals surface area contributed by atoms with Gasteiger partial charge in [-0.25, -0.2) is 4.98 Å². The Hall–Kier alpha value is -2.31. The van der Waals surface area contributed by atoms with Crippen LogP contribution in [0.1, 0.15) is 23.0 Å². The minimum absolute atomic E-state index is 0.370. The van der Waals surface area contributed by atoms with Gasteiger partial charge in [0.15, 0.2) is 0 Å². The van der Waals surface area contributed by atoms with Crippen LogP contribution in [0, 0.1) is 17.0 Å². The first-order valence-electron chi connectivity index (χ1n) is 4.34. The van der Waals surface area contributed by atoms with Crippen molar-refractivity contribution in [2.45, 2.75) is 13.8 Å². The van der Waals surface area contributed by atoms with E-state index in [4.69, 9.17) is 0 Å². The number of aryl methyl sites for hydroxylation is 1. The number of rotatable bonds is 2. The van der Waals surface area contributed by atoms with E-state index in [1.165, 1.54) is 12.3 Å². The molecular formula is C9H9N3O4. The number of carbonyl (C=O) groups excluding carboxylic acids is 2. The van der Waals surface area contributed by atoms with E-state index in [2.05, 4.69) is 4.98 Å². The lowest BCUT2D eigenvalue weighted by Crippen LogP contribution is -2.29. The number of nitrogens with one attached hydrogen (secondary N) is 1. The van der Waals surface area contributed by atoms with Crippen molar-refractivity contribution in [1.82, 2.24) is 10.3 Å². The molecule has 0 saturated carbocycles. The average molecular weight is 223 g/mol. The Morgan fingerprint density at radius 2 is 2.12 bits per heavy atom. The van der Waals surface area contributed by atoms with Crippen molar-refractivity contribution in [3.8, 4) is 0 Å². The summed E-state index contributed by atoms with van der Waals surface area (Å²) in [5.41, 5.74) is -0.226. The second kappa shape index (κ2) is 4.47. The molecule has 2 amide bonds. The molecule has 0 aromatic carbocycles. The molecular weight excluding hydrogens is 214 g/mol. The standard InChI is InChI=1S/C9H9N3O4/c1-5-3-7(12(15)16)8(10-4-5)9(14)11-6(2)13/h3-4H,1-2H3,(H,11,13,14). The Labute approximate surface area is 90.6 Å². The molecule has 1 aromatic rings. The molecule has 0 bridgehead atoms. The molecule has 7 nitrogen and oxygen atoms in total. The Balaban J connectivity index is 3.17. The maximum Gasteiger partial charge on any atom is 0.300 e. The quantitative estimate of drug-likeness (QED) is 0.583. The topological polar surface area (TPSA) is 102 Å². The van der Waals surface area contributed by atoms with E-state index in [9.17, 15) is 19.7 Å². The number of pyridine rings is 1. The molecule has 0 aliphatic carbocycles. The fraction of sp³-hybridized carbons (Fsp3) is 0.222. The number of imide groups is 1. The van der Waals surface area contributed by atoms with Crippen molar-refractivity contribution in [2.24, 2.45) is 0 Å². The summed E-state index contributed by atoms with van der Waals surface area (Å²) in [6.45, 7) is 2.75. The summed E-state index contributed by atoms with van der Waals surface area (Å²) in [7, 11) is 0. The van der Waals surface area contributed by atoms with E-state index in [1.807, 2.05) is 5.32 Å². The summed E-state index contributed by atoms with van der Waals surface area (Å²) in [5, 5.41) is 12.6. The van der Waals surface area contributed by atoms with Crippen LogP contribution in [0.5, 0.6) is 0 Å². The third-order valence-electron chi connectivity index (χ3n) is 1.71. The van der Waals surface area contributed by atoms with Crippen molar-refractivity contribution in [3.05, 3.63) is 33.6 Å². The molecule has 0 unspecified atom stereocenters. The lowest BCUT2D eigenvalue weighted by molar-refractivity contribution is -0.385. The van der Waals surface area contributed by atoms with Crippen molar-refractivity contribution >= 4 is 17.5 Å². The van der Waals surface area contributed by atoms with Crippen LogP contribution < -0.4 is 5.32 Å². The zero-order valence-corrected chi connectivity index (χ0v) is 8.68. The number of carbonyl (C=O) groups is 2. The van der Waals surface area contributed by atoms with E-state index in [0.29, 0.717) is 5.56 Å². The van der Waals surface area contributed by atoms with E-state index in [-0.39, 0.29) is 5.69 Å². The normalized spacial score (nSPS) is 9.62. The number of nitrogens with zero attached hydrogens (tertiary/aromatic N) is 2. The van der Waals surface area contributed by atoms with Gasteiger partial charge in [-0.15, -0.1) is 0 Å². The minimum atomic E-state index is -0.876. The monoisotopic (exact) mass is 223 g/mol. The highest BCUT2D eigenvalue weighted by Crippen LogP contribution is 2.17. The summed E-state index contributed by atoms with van der Waals surface area (Å²) >= 11 is 0. The Morgan fingerprint density at radius 3 is 2.62 bits per heavy atom. The molecule has 1 N–H and O–H groups in total. The molecule has 16 heavy (non-hydrogen) atoms. The maximum absolute atomic E-state index is 11.4. The summed E-state index contributed by atoms with van der Waals surface area (Å²) in [6.07, 6.45) is 1.32. The van der Waals surface area contributed by atoms with Gasteiger partial charge in [-0.3, -0.25) is 25.0 Å². The van der Waals surface area contributed by atoms with E-state index in [0.717, 1.165) is 6.92 Å². The second-order valence-electron chi connectivity index (χ2n) is 3.15. The Morgan fingerprint density at radius 1 is 1.50 bits per heavy atom. The number of nitro groups is 1. The minimum Gasteiger partial charge on any atom is -0.291 e. The van der Waals surface area contributed by atoms with E-state index < -0.39 is 22.4 Å². The lowest BCUT2D eigenvalue weighted by Gasteiger charge is -2.02. The van der Waals surface area contributed by atoms with Crippen molar-refractivity contribution in [1.29, 1.82) is 0 Å². The van der Waals surface area contributed by atoms with Crippen LogP contribution in [-0.2, 0) is 4.79 Å². The van der Waals surface area contributed by atoms with Crippen LogP contribution in [0.15, 0.2) is 12.3 Å². The predicted molar refractivity (Wildman–Crippen MR) is 53.8 cm³/mol. The average Bonchev–Trinajstić information content (AvgIpc) is 2.16. The van der Waals surface area contributed by atoms with Gasteiger partial charge in [-0.2, -0.15) is 0 Å². The highest BCUT2D eigenvalue weighted by Gasteiger charge is 2.22. The Bertz CT molecular complexity index is 470. The Kier molecular flexibility index (Phi) is 3.29. The lowest BCUT2D eigenvalue weighted by atomic mass is 10.2. The van der Waals surface area contributed by atoms with E-state index >= 15 is 0 Å². The van der Waals surface area contributed by atoms with Crippen molar-refractivity contribution < 1.29 is 14.5 Å². The van der Waals surface area contributed by atoms with Crippen LogP contribution in [0.3, 0.4) is 0 Å². The first-order valence-corrected chi connectivity index (χ1v) is 4.34. The van der Waals surface area contributed by atoms with Gasteiger partial charge < -0.3 is 0 Å². The van der Waals surface area contributed by atoms with Gasteiger partial charge in [0.1, 0.15) is 0 Å². The number of amides is 2. The largest absolute Gasteiger partial charge is 0.300 e. The molecule has 0 aliphatic rings. The smallest absolute Gasteiger partial charge is 0.291 e. The summed E-state index contributed by atoms with van der Waals surface area (Å²) in [6, 6.07) is 1.22. The van der Waals surface area contributed by atoms with Crippen LogP contribution in [0.25, 0.3) is 0 Å². The molecule has 0 radical (unpaired) electrons. The number of aromatic nitrogens is 1. The van der Waals surface area contributed by atoms with Gasteiger partial charge in [0.2, 0.25) is 11.6 Å². The zero-order valence-electron chi connectivity index (χ0n) is 8.68. The highest BCUT2D eigenvalue weighted by atomic mass is 16.6. The van der Waals surface area contributed by atoms with Gasteiger partial charge in [-0.1, -0.05) is 0 Å². The molecule has 0 fully saturated rings. The number of hydrogen-bond donors (Lipinski definition) is 1. The second-order valence-corrected chi connectivity index (χ2v) is 3.15. The van der Waals surface area contributed by atoms with Gasteiger partial charge in [0.05, 0.1) is 4.92 Å². The maximum atomic E-state index is 11.4. The fourth-order valence-electron chi connectivity index (χ4n) is 1.09. The van der Waals surface area contributed by atoms with Gasteiger partial charge in [0.25, 0.3) is 5.91 Å². The zero-order chi connectivity index (χ0) is 12.3. The summed E-state index contributed by atoms with van der Waals surface area (Å²) in [5.74, 6) is -1.47. The van der Waals surface area contributed by atoms with Gasteiger partial charge in [0, 0.05) is 19.2 Å². The first kappa shape index (κ1) is 11.8. The first-order chi connectivity index (χ1) is 7.41. The highest BCUT2D eigenvalue weighted by molar-refractivity contribution is 6.05. The third kappa shape index (κ3) is 2.59. The molecule has 0 saturated heterocycles. The summed E-state index contributed by atoms with van der Waals surface area (Å²) < 4.78 is 0. The number of hydrogen-bond acceptors (Lipinski definition) is 5. The molecule has 84 valence electrons. The summed E-state index contributed by atoms with van der Waals surface area (Å²) in [4.78, 5) is 35.6. The van der Waals surface area contributed by atoms with Crippen molar-refractivity contribution in [3.63, 3.8) is 0 Å². The molecule has 0 aliphatic heterocycles. The predicted octanol–water partition coefficient (Wildman–Crippen LogP) is 0.575. The van der Waals surface area contributed by atoms with Gasteiger partial charge in [-0.05, 0) is 12.5 Å². The molecule has 0 spiro atoms. The molecule has 1 heterocycles. The van der Waals surface area contributed by atoms with E-state index in [1.54, 1.807) is 6.92 Å². The third-order valence-corrected chi connectivity index (χ3v) is 1.71. The van der Waals surface area contributed by atoms with Crippen LogP contribution in [0.4, 0.5) is 5.69 Å². The molecule has 7 heteroatoms. The fourth-order valence-corrected chi connectivity index (χ4v) is 1.09. The van der Waals surface area contributed by atoms with Crippen LogP contribution >= 0.6 is 0 Å². The van der Waals surface area contributed by atoms with Gasteiger partial charge >= 0.3 is 5.69 Å². The van der Waals surface area contributed by atoms with Crippen molar-refractivity contribution in [2.75, 3.05) is 0 Å². The van der Waals surface area contributed by atoms with Crippen LogP contribution in [-0.4, -0.2) is 21.7 Å². The molecule has 1 aromatic heterocycles.